The summed E-state index contributed by atoms with van der Waals surface area (Å²) in [5.41, 5.74) is 2.59. The maximum Gasteiger partial charge on any atom is 0.165 e. The van der Waals surface area contributed by atoms with Gasteiger partial charge in [-0.05, 0) is 23.9 Å². The minimum atomic E-state index is -0.552. The van der Waals surface area contributed by atoms with Crippen molar-refractivity contribution < 1.29 is 5.11 Å². The number of aliphatic hydroxyl groups excluding tert-OH is 1. The molecule has 7 heteroatoms. The van der Waals surface area contributed by atoms with Crippen LogP contribution in [-0.4, -0.2) is 31.2 Å². The lowest BCUT2D eigenvalue weighted by Crippen LogP contribution is -2.13. The van der Waals surface area contributed by atoms with Crippen LogP contribution < -0.4 is 5.32 Å². The molecular formula is C13H15N5OS. The van der Waals surface area contributed by atoms with E-state index in [4.69, 9.17) is 0 Å². The van der Waals surface area contributed by atoms with Crippen LogP contribution in [0.2, 0.25) is 0 Å². The van der Waals surface area contributed by atoms with Crippen molar-refractivity contribution in [1.82, 2.24) is 19.5 Å². The quantitative estimate of drug-likeness (QED) is 0.767. The third-order valence-electron chi connectivity index (χ3n) is 3.16. The molecule has 0 aromatic carbocycles. The van der Waals surface area contributed by atoms with Crippen LogP contribution >= 0.6 is 11.3 Å². The van der Waals surface area contributed by atoms with E-state index in [1.807, 2.05) is 30.0 Å². The Morgan fingerprint density at radius 3 is 3.00 bits per heavy atom. The van der Waals surface area contributed by atoms with Crippen LogP contribution in [0.3, 0.4) is 0 Å². The van der Waals surface area contributed by atoms with Gasteiger partial charge in [-0.3, -0.25) is 0 Å². The molecular weight excluding hydrogens is 274 g/mol. The van der Waals surface area contributed by atoms with E-state index in [0.717, 1.165) is 16.1 Å². The number of imidazole rings is 1. The number of hydrogen-bond acceptors (Lipinski definition) is 6. The van der Waals surface area contributed by atoms with Crippen molar-refractivity contribution in [2.75, 3.05) is 11.9 Å². The Balaban J connectivity index is 1.79. The van der Waals surface area contributed by atoms with Crippen LogP contribution in [0.4, 0.5) is 5.82 Å². The van der Waals surface area contributed by atoms with Crippen LogP contribution in [0.1, 0.15) is 16.5 Å². The number of fused-ring (bicyclic) bond motifs is 1. The molecule has 0 fully saturated rings. The van der Waals surface area contributed by atoms with Crippen LogP contribution in [-0.2, 0) is 7.05 Å². The van der Waals surface area contributed by atoms with Crippen molar-refractivity contribution in [3.05, 3.63) is 34.5 Å². The Morgan fingerprint density at radius 1 is 1.40 bits per heavy atom. The minimum Gasteiger partial charge on any atom is -0.386 e. The lowest BCUT2D eigenvalue weighted by molar-refractivity contribution is 0.195. The molecule has 3 aromatic rings. The molecule has 0 amide bonds. The number of anilines is 1. The molecule has 0 aliphatic heterocycles. The number of thiophene rings is 1. The van der Waals surface area contributed by atoms with E-state index < -0.39 is 6.10 Å². The molecule has 0 aliphatic rings. The van der Waals surface area contributed by atoms with Crippen molar-refractivity contribution in [3.63, 3.8) is 0 Å². The molecule has 0 spiro atoms. The molecule has 3 rings (SSSR count). The van der Waals surface area contributed by atoms with Gasteiger partial charge in [-0.15, -0.1) is 11.3 Å². The van der Waals surface area contributed by atoms with Gasteiger partial charge in [0.15, 0.2) is 11.5 Å². The number of hydrogen-bond donors (Lipinski definition) is 2. The molecule has 0 aliphatic carbocycles. The van der Waals surface area contributed by atoms with E-state index in [9.17, 15) is 5.11 Å². The van der Waals surface area contributed by atoms with Gasteiger partial charge in [0, 0.05) is 18.5 Å². The second-order valence-corrected chi connectivity index (χ2v) is 5.56. The third kappa shape index (κ3) is 2.25. The van der Waals surface area contributed by atoms with Crippen molar-refractivity contribution in [2.45, 2.75) is 13.0 Å². The average molecular weight is 289 g/mol. The summed E-state index contributed by atoms with van der Waals surface area (Å²) >= 11 is 1.56. The summed E-state index contributed by atoms with van der Waals surface area (Å²) in [6.45, 7) is 2.39. The highest BCUT2D eigenvalue weighted by molar-refractivity contribution is 7.10. The highest BCUT2D eigenvalue weighted by atomic mass is 32.1. The van der Waals surface area contributed by atoms with E-state index in [2.05, 4.69) is 20.3 Å². The SMILES string of the molecule is Cc1ccsc1C(O)CNc1ncnc2c1ncn2C. The summed E-state index contributed by atoms with van der Waals surface area (Å²) in [6.07, 6.45) is 2.64. The molecule has 3 heterocycles. The average Bonchev–Trinajstić information content (AvgIpc) is 3.03. The van der Waals surface area contributed by atoms with Gasteiger partial charge < -0.3 is 15.0 Å². The number of aromatic nitrogens is 4. The van der Waals surface area contributed by atoms with Crippen molar-refractivity contribution in [2.24, 2.45) is 7.05 Å². The molecule has 0 saturated heterocycles. The monoisotopic (exact) mass is 289 g/mol. The first-order chi connectivity index (χ1) is 9.66. The van der Waals surface area contributed by atoms with Crippen LogP contribution in [0.15, 0.2) is 24.1 Å². The smallest absolute Gasteiger partial charge is 0.165 e. The standard InChI is InChI=1S/C13H15N5OS/c1-8-3-4-20-11(8)9(19)5-14-12-10-13(16-6-15-12)18(2)7-17-10/h3-4,6-7,9,19H,5H2,1-2H3,(H,14,15,16). The fourth-order valence-electron chi connectivity index (χ4n) is 2.09. The normalized spacial score (nSPS) is 12.8. The van der Waals surface area contributed by atoms with Crippen LogP contribution in [0, 0.1) is 6.92 Å². The molecule has 20 heavy (non-hydrogen) atoms. The van der Waals surface area contributed by atoms with E-state index in [-0.39, 0.29) is 0 Å². The minimum absolute atomic E-state index is 0.393. The molecule has 2 N–H and O–H groups in total. The maximum absolute atomic E-state index is 10.2. The van der Waals surface area contributed by atoms with Gasteiger partial charge in [0.05, 0.1) is 6.33 Å². The summed E-state index contributed by atoms with van der Waals surface area (Å²) in [5.74, 6) is 0.642. The van der Waals surface area contributed by atoms with E-state index in [1.165, 1.54) is 6.33 Å². The van der Waals surface area contributed by atoms with Crippen LogP contribution in [0.5, 0.6) is 0 Å². The Hall–Kier alpha value is -1.99. The zero-order valence-corrected chi connectivity index (χ0v) is 12.1. The number of rotatable bonds is 4. The van der Waals surface area contributed by atoms with Gasteiger partial charge in [-0.25, -0.2) is 15.0 Å². The van der Waals surface area contributed by atoms with E-state index in [1.54, 1.807) is 17.7 Å². The Bertz CT molecular complexity index is 735. The van der Waals surface area contributed by atoms with Crippen LogP contribution in [0.25, 0.3) is 11.2 Å². The molecule has 6 nitrogen and oxygen atoms in total. The first-order valence-corrected chi connectivity index (χ1v) is 7.12. The van der Waals surface area contributed by atoms with Gasteiger partial charge >= 0.3 is 0 Å². The van der Waals surface area contributed by atoms with Crippen molar-refractivity contribution in [3.8, 4) is 0 Å². The van der Waals surface area contributed by atoms with Gasteiger partial charge in [0.1, 0.15) is 17.9 Å². The zero-order chi connectivity index (χ0) is 14.1. The Labute approximate surface area is 120 Å². The summed E-state index contributed by atoms with van der Waals surface area (Å²) < 4.78 is 1.84. The van der Waals surface area contributed by atoms with Gasteiger partial charge in [-0.2, -0.15) is 0 Å². The second-order valence-electron chi connectivity index (χ2n) is 4.61. The van der Waals surface area contributed by atoms with E-state index in [0.29, 0.717) is 17.9 Å². The maximum atomic E-state index is 10.2. The molecule has 3 aromatic heterocycles. The topological polar surface area (TPSA) is 75.9 Å². The van der Waals surface area contributed by atoms with Gasteiger partial charge in [0.2, 0.25) is 0 Å². The fourth-order valence-corrected chi connectivity index (χ4v) is 3.00. The fraction of sp³-hybridized carbons (Fsp3) is 0.308. The largest absolute Gasteiger partial charge is 0.386 e. The highest BCUT2D eigenvalue weighted by Gasteiger charge is 2.14. The molecule has 0 radical (unpaired) electrons. The molecule has 104 valence electrons. The first-order valence-electron chi connectivity index (χ1n) is 6.24. The summed E-state index contributed by atoms with van der Waals surface area (Å²) in [7, 11) is 1.88. The summed E-state index contributed by atoms with van der Waals surface area (Å²) in [6, 6.07) is 2.00. The number of aryl methyl sites for hydroxylation is 2. The van der Waals surface area contributed by atoms with Crippen molar-refractivity contribution in [1.29, 1.82) is 0 Å². The van der Waals surface area contributed by atoms with E-state index >= 15 is 0 Å². The number of aliphatic hydroxyl groups is 1. The molecule has 0 bridgehead atoms. The second kappa shape index (κ2) is 5.18. The van der Waals surface area contributed by atoms with Gasteiger partial charge in [-0.1, -0.05) is 0 Å². The Morgan fingerprint density at radius 2 is 2.25 bits per heavy atom. The number of nitrogens with one attached hydrogen (secondary N) is 1. The predicted molar refractivity (Wildman–Crippen MR) is 78.8 cm³/mol. The lowest BCUT2D eigenvalue weighted by atomic mass is 10.2. The van der Waals surface area contributed by atoms with Gasteiger partial charge in [0.25, 0.3) is 0 Å². The predicted octanol–water partition coefficient (Wildman–Crippen LogP) is 1.88. The van der Waals surface area contributed by atoms with Crippen molar-refractivity contribution >= 4 is 28.3 Å². The Kier molecular flexibility index (Phi) is 3.37. The molecule has 0 saturated carbocycles. The summed E-state index contributed by atoms with van der Waals surface area (Å²) in [4.78, 5) is 13.6. The first kappa shape index (κ1) is 13.0. The molecule has 1 unspecified atom stereocenters. The highest BCUT2D eigenvalue weighted by Crippen LogP contribution is 2.24. The lowest BCUT2D eigenvalue weighted by Gasteiger charge is -2.12. The third-order valence-corrected chi connectivity index (χ3v) is 4.28. The number of nitrogens with zero attached hydrogens (tertiary/aromatic N) is 4. The summed E-state index contributed by atoms with van der Waals surface area (Å²) in [5, 5.41) is 15.3. The molecule has 1 atom stereocenters. The zero-order valence-electron chi connectivity index (χ0n) is 11.2.